The maximum Gasteiger partial charge on any atom is 0.339 e. The van der Waals surface area contributed by atoms with Crippen molar-refractivity contribution in [1.29, 1.82) is 0 Å². The standard InChI is InChI=1S/C13H17ClN2O2/c14-12-7-9(15)4-5-11(12)13(17)18-8-10-3-1-2-6-16-10/h4-5,7,10,16H,1-3,6,8,15H2. The summed E-state index contributed by atoms with van der Waals surface area (Å²) >= 11 is 5.95. The number of carbonyl (C=O) groups is 1. The Kier molecular flexibility index (Phi) is 4.44. The molecule has 2 rings (SSSR count). The largest absolute Gasteiger partial charge is 0.460 e. The maximum atomic E-state index is 11.8. The number of esters is 1. The third-order valence-electron chi connectivity index (χ3n) is 3.04. The molecule has 1 saturated heterocycles. The van der Waals surface area contributed by atoms with E-state index in [0.29, 0.717) is 22.9 Å². The lowest BCUT2D eigenvalue weighted by molar-refractivity contribution is 0.0451. The highest BCUT2D eigenvalue weighted by Crippen LogP contribution is 2.20. The molecule has 1 aliphatic heterocycles. The molecule has 3 N–H and O–H groups in total. The minimum absolute atomic E-state index is 0.259. The van der Waals surface area contributed by atoms with Gasteiger partial charge in [0.25, 0.3) is 0 Å². The van der Waals surface area contributed by atoms with Crippen molar-refractivity contribution in [2.75, 3.05) is 18.9 Å². The molecule has 5 heteroatoms. The first-order valence-corrected chi connectivity index (χ1v) is 6.50. The van der Waals surface area contributed by atoms with E-state index in [4.69, 9.17) is 22.1 Å². The summed E-state index contributed by atoms with van der Waals surface area (Å²) in [7, 11) is 0. The van der Waals surface area contributed by atoms with Crippen LogP contribution in [0.2, 0.25) is 5.02 Å². The van der Waals surface area contributed by atoms with E-state index in [1.807, 2.05) is 0 Å². The number of benzene rings is 1. The number of piperidine rings is 1. The average Bonchev–Trinajstić information content (AvgIpc) is 2.37. The summed E-state index contributed by atoms with van der Waals surface area (Å²) in [6.07, 6.45) is 3.41. The molecule has 0 bridgehead atoms. The molecule has 1 atom stereocenters. The Labute approximate surface area is 111 Å². The van der Waals surface area contributed by atoms with Crippen LogP contribution in [-0.4, -0.2) is 25.2 Å². The van der Waals surface area contributed by atoms with E-state index in [9.17, 15) is 4.79 Å². The van der Waals surface area contributed by atoms with Crippen molar-refractivity contribution in [2.24, 2.45) is 0 Å². The Bertz CT molecular complexity index is 431. The molecule has 1 unspecified atom stereocenters. The molecule has 1 aromatic carbocycles. The number of nitrogens with two attached hydrogens (primary N) is 1. The van der Waals surface area contributed by atoms with Crippen LogP contribution >= 0.6 is 11.6 Å². The Morgan fingerprint density at radius 3 is 3.00 bits per heavy atom. The Balaban J connectivity index is 1.90. The molecule has 98 valence electrons. The molecule has 1 heterocycles. The minimum Gasteiger partial charge on any atom is -0.460 e. The summed E-state index contributed by atoms with van der Waals surface area (Å²) < 4.78 is 5.26. The number of halogens is 1. The van der Waals surface area contributed by atoms with Gasteiger partial charge in [0.1, 0.15) is 6.61 Å². The van der Waals surface area contributed by atoms with Crippen LogP contribution in [0.25, 0.3) is 0 Å². The summed E-state index contributed by atoms with van der Waals surface area (Å²) in [5, 5.41) is 3.65. The minimum atomic E-state index is -0.396. The van der Waals surface area contributed by atoms with Crippen LogP contribution in [0.15, 0.2) is 18.2 Å². The maximum absolute atomic E-state index is 11.8. The summed E-state index contributed by atoms with van der Waals surface area (Å²) in [6, 6.07) is 5.04. The monoisotopic (exact) mass is 268 g/mol. The van der Waals surface area contributed by atoms with Crippen LogP contribution in [-0.2, 0) is 4.74 Å². The van der Waals surface area contributed by atoms with Gasteiger partial charge in [0.05, 0.1) is 10.6 Å². The van der Waals surface area contributed by atoms with E-state index >= 15 is 0 Å². The van der Waals surface area contributed by atoms with Gasteiger partial charge in [-0.2, -0.15) is 0 Å². The van der Waals surface area contributed by atoms with Gasteiger partial charge in [-0.1, -0.05) is 18.0 Å². The van der Waals surface area contributed by atoms with Crippen LogP contribution < -0.4 is 11.1 Å². The second kappa shape index (κ2) is 6.07. The molecule has 0 radical (unpaired) electrons. The van der Waals surface area contributed by atoms with Gasteiger partial charge in [-0.15, -0.1) is 0 Å². The van der Waals surface area contributed by atoms with E-state index in [1.165, 1.54) is 12.8 Å². The fraction of sp³-hybridized carbons (Fsp3) is 0.462. The van der Waals surface area contributed by atoms with Gasteiger partial charge < -0.3 is 15.8 Å². The summed E-state index contributed by atoms with van der Waals surface area (Å²) in [6.45, 7) is 1.38. The normalized spacial score (nSPS) is 19.5. The highest BCUT2D eigenvalue weighted by Gasteiger charge is 2.17. The fourth-order valence-electron chi connectivity index (χ4n) is 2.02. The lowest BCUT2D eigenvalue weighted by atomic mass is 10.1. The first-order valence-electron chi connectivity index (χ1n) is 6.12. The number of rotatable bonds is 3. The van der Waals surface area contributed by atoms with Crippen molar-refractivity contribution in [2.45, 2.75) is 25.3 Å². The van der Waals surface area contributed by atoms with Gasteiger partial charge in [-0.3, -0.25) is 0 Å². The van der Waals surface area contributed by atoms with E-state index in [-0.39, 0.29) is 6.04 Å². The van der Waals surface area contributed by atoms with Crippen LogP contribution in [0.1, 0.15) is 29.6 Å². The first kappa shape index (κ1) is 13.2. The highest BCUT2D eigenvalue weighted by molar-refractivity contribution is 6.33. The van der Waals surface area contributed by atoms with Gasteiger partial charge in [-0.25, -0.2) is 4.79 Å². The molecule has 0 amide bonds. The number of anilines is 1. The molecule has 0 aromatic heterocycles. The molecular formula is C13H17ClN2O2. The van der Waals surface area contributed by atoms with Crippen LogP contribution in [0.5, 0.6) is 0 Å². The SMILES string of the molecule is Nc1ccc(C(=O)OCC2CCCCN2)c(Cl)c1. The Hall–Kier alpha value is -1.26. The summed E-state index contributed by atoms with van der Waals surface area (Å²) in [4.78, 5) is 11.8. The predicted molar refractivity (Wildman–Crippen MR) is 71.8 cm³/mol. The number of nitrogens with one attached hydrogen (secondary N) is 1. The van der Waals surface area contributed by atoms with Gasteiger partial charge in [0.2, 0.25) is 0 Å². The van der Waals surface area contributed by atoms with Crippen molar-refractivity contribution in [3.05, 3.63) is 28.8 Å². The number of nitrogen functional groups attached to an aromatic ring is 1. The van der Waals surface area contributed by atoms with Gasteiger partial charge in [0, 0.05) is 11.7 Å². The van der Waals surface area contributed by atoms with Crippen molar-refractivity contribution in [1.82, 2.24) is 5.32 Å². The van der Waals surface area contributed by atoms with Gasteiger partial charge in [0.15, 0.2) is 0 Å². The number of ether oxygens (including phenoxy) is 1. The second-order valence-electron chi connectivity index (χ2n) is 4.48. The molecule has 18 heavy (non-hydrogen) atoms. The Morgan fingerprint density at radius 1 is 1.50 bits per heavy atom. The third-order valence-corrected chi connectivity index (χ3v) is 3.35. The lowest BCUT2D eigenvalue weighted by Gasteiger charge is -2.23. The first-order chi connectivity index (χ1) is 8.66. The average molecular weight is 269 g/mol. The van der Waals surface area contributed by atoms with Crippen LogP contribution in [0.4, 0.5) is 5.69 Å². The number of carbonyl (C=O) groups excluding carboxylic acids is 1. The van der Waals surface area contributed by atoms with Gasteiger partial charge >= 0.3 is 5.97 Å². The quantitative estimate of drug-likeness (QED) is 0.652. The lowest BCUT2D eigenvalue weighted by Crippen LogP contribution is -2.38. The van der Waals surface area contributed by atoms with E-state index < -0.39 is 5.97 Å². The molecular weight excluding hydrogens is 252 g/mol. The molecule has 0 spiro atoms. The zero-order chi connectivity index (χ0) is 13.0. The molecule has 1 aromatic rings. The molecule has 1 fully saturated rings. The van der Waals surface area contributed by atoms with E-state index in [2.05, 4.69) is 5.32 Å². The van der Waals surface area contributed by atoms with Crippen molar-refractivity contribution in [3.8, 4) is 0 Å². The number of hydrogen-bond donors (Lipinski definition) is 2. The summed E-state index contributed by atoms with van der Waals surface area (Å²) in [5.41, 5.74) is 6.47. The van der Waals surface area contributed by atoms with Crippen molar-refractivity contribution < 1.29 is 9.53 Å². The molecule has 1 aliphatic rings. The van der Waals surface area contributed by atoms with Crippen molar-refractivity contribution in [3.63, 3.8) is 0 Å². The second-order valence-corrected chi connectivity index (χ2v) is 4.89. The zero-order valence-electron chi connectivity index (χ0n) is 10.1. The molecule has 0 aliphatic carbocycles. The topological polar surface area (TPSA) is 64.4 Å². The molecule has 4 nitrogen and oxygen atoms in total. The van der Waals surface area contributed by atoms with E-state index in [1.54, 1.807) is 18.2 Å². The van der Waals surface area contributed by atoms with Crippen molar-refractivity contribution >= 4 is 23.3 Å². The van der Waals surface area contributed by atoms with Crippen LogP contribution in [0.3, 0.4) is 0 Å². The number of hydrogen-bond acceptors (Lipinski definition) is 4. The van der Waals surface area contributed by atoms with Crippen LogP contribution in [0, 0.1) is 0 Å². The summed E-state index contributed by atoms with van der Waals surface area (Å²) in [5.74, 6) is -0.396. The predicted octanol–water partition coefficient (Wildman–Crippen LogP) is 2.22. The third kappa shape index (κ3) is 3.37. The van der Waals surface area contributed by atoms with E-state index in [0.717, 1.165) is 13.0 Å². The molecule has 0 saturated carbocycles. The fourth-order valence-corrected chi connectivity index (χ4v) is 2.28. The Morgan fingerprint density at radius 2 is 2.33 bits per heavy atom. The van der Waals surface area contributed by atoms with Gasteiger partial charge in [-0.05, 0) is 37.6 Å². The zero-order valence-corrected chi connectivity index (χ0v) is 10.9. The highest BCUT2D eigenvalue weighted by atomic mass is 35.5. The smallest absolute Gasteiger partial charge is 0.339 e.